The number of hydrogen-bond donors (Lipinski definition) is 1. The third-order valence-corrected chi connectivity index (χ3v) is 3.22. The molecule has 106 valence electrons. The molecule has 3 aromatic rings. The van der Waals surface area contributed by atoms with E-state index in [1.54, 1.807) is 10.9 Å². The summed E-state index contributed by atoms with van der Waals surface area (Å²) in [5, 5.41) is 11.4. The molecule has 2 heterocycles. The quantitative estimate of drug-likeness (QED) is 0.787. The molecule has 0 bridgehead atoms. The average molecular weight is 280 g/mol. The number of aryl methyl sites for hydroxylation is 1. The van der Waals surface area contributed by atoms with Crippen LogP contribution in [-0.2, 0) is 0 Å². The second kappa shape index (κ2) is 5.80. The lowest BCUT2D eigenvalue weighted by Gasteiger charge is -2.15. The molecule has 1 unspecified atom stereocenters. The van der Waals surface area contributed by atoms with Gasteiger partial charge in [-0.05, 0) is 31.7 Å². The zero-order valence-electron chi connectivity index (χ0n) is 11.9. The van der Waals surface area contributed by atoms with Crippen molar-refractivity contribution in [1.82, 2.24) is 30.3 Å². The van der Waals surface area contributed by atoms with Gasteiger partial charge in [0.25, 0.3) is 0 Å². The standard InChI is InChI=1S/C15H16N6/c1-11-8-17-15(18-9-11)14(16-2)13-10-19-20-21(13)12-6-4-3-5-7-12/h3-10,14,16H,1-2H3. The van der Waals surface area contributed by atoms with Crippen molar-refractivity contribution >= 4 is 0 Å². The van der Waals surface area contributed by atoms with Gasteiger partial charge in [-0.15, -0.1) is 5.10 Å². The zero-order chi connectivity index (χ0) is 14.7. The molecular formula is C15H16N6. The molecule has 6 nitrogen and oxygen atoms in total. The largest absolute Gasteiger partial charge is 0.305 e. The molecule has 1 aromatic carbocycles. The van der Waals surface area contributed by atoms with Crippen molar-refractivity contribution in [3.05, 3.63) is 66.0 Å². The van der Waals surface area contributed by atoms with Crippen LogP contribution in [0, 0.1) is 6.92 Å². The van der Waals surface area contributed by atoms with Gasteiger partial charge in [-0.2, -0.15) is 0 Å². The maximum atomic E-state index is 4.40. The van der Waals surface area contributed by atoms with Crippen LogP contribution >= 0.6 is 0 Å². The van der Waals surface area contributed by atoms with Gasteiger partial charge >= 0.3 is 0 Å². The van der Waals surface area contributed by atoms with Gasteiger partial charge in [0, 0.05) is 12.4 Å². The van der Waals surface area contributed by atoms with E-state index in [9.17, 15) is 0 Å². The zero-order valence-corrected chi connectivity index (χ0v) is 11.9. The molecule has 0 aliphatic heterocycles. The smallest absolute Gasteiger partial charge is 0.151 e. The second-order valence-corrected chi connectivity index (χ2v) is 4.75. The third kappa shape index (κ3) is 2.66. The van der Waals surface area contributed by atoms with Crippen LogP contribution < -0.4 is 5.32 Å². The minimum absolute atomic E-state index is 0.166. The molecule has 0 radical (unpaired) electrons. The van der Waals surface area contributed by atoms with E-state index in [0.29, 0.717) is 5.82 Å². The summed E-state index contributed by atoms with van der Waals surface area (Å²) in [6.45, 7) is 1.97. The Morgan fingerprint density at radius 2 is 1.76 bits per heavy atom. The molecule has 0 aliphatic carbocycles. The minimum atomic E-state index is -0.166. The summed E-state index contributed by atoms with van der Waals surface area (Å²) in [5.41, 5.74) is 2.88. The number of benzene rings is 1. The number of aromatic nitrogens is 5. The Bertz CT molecular complexity index is 705. The second-order valence-electron chi connectivity index (χ2n) is 4.75. The van der Waals surface area contributed by atoms with E-state index in [4.69, 9.17) is 0 Å². The van der Waals surface area contributed by atoms with Gasteiger partial charge in [-0.1, -0.05) is 23.4 Å². The van der Waals surface area contributed by atoms with E-state index in [1.807, 2.05) is 56.7 Å². The highest BCUT2D eigenvalue weighted by atomic mass is 15.4. The van der Waals surface area contributed by atoms with Crippen molar-refractivity contribution in [3.8, 4) is 5.69 Å². The lowest BCUT2D eigenvalue weighted by atomic mass is 10.2. The van der Waals surface area contributed by atoms with Crippen molar-refractivity contribution in [3.63, 3.8) is 0 Å². The van der Waals surface area contributed by atoms with Gasteiger partial charge < -0.3 is 5.32 Å². The van der Waals surface area contributed by atoms with Crippen LogP contribution in [0.4, 0.5) is 0 Å². The Morgan fingerprint density at radius 1 is 1.05 bits per heavy atom. The monoisotopic (exact) mass is 280 g/mol. The van der Waals surface area contributed by atoms with E-state index in [-0.39, 0.29) is 6.04 Å². The van der Waals surface area contributed by atoms with E-state index in [0.717, 1.165) is 16.9 Å². The van der Waals surface area contributed by atoms with Gasteiger partial charge in [-0.25, -0.2) is 14.6 Å². The molecular weight excluding hydrogens is 264 g/mol. The normalized spacial score (nSPS) is 12.3. The lowest BCUT2D eigenvalue weighted by molar-refractivity contribution is 0.601. The summed E-state index contributed by atoms with van der Waals surface area (Å²) in [6, 6.07) is 9.72. The molecule has 21 heavy (non-hydrogen) atoms. The molecule has 0 saturated carbocycles. The predicted molar refractivity (Wildman–Crippen MR) is 79.0 cm³/mol. The first-order valence-corrected chi connectivity index (χ1v) is 6.71. The van der Waals surface area contributed by atoms with Crippen molar-refractivity contribution in [1.29, 1.82) is 0 Å². The first kappa shape index (κ1) is 13.4. The molecule has 6 heteroatoms. The predicted octanol–water partition coefficient (Wildman–Crippen LogP) is 1.67. The van der Waals surface area contributed by atoms with E-state index in [2.05, 4.69) is 25.6 Å². The van der Waals surface area contributed by atoms with Gasteiger partial charge in [0.15, 0.2) is 5.82 Å². The molecule has 1 atom stereocenters. The summed E-state index contributed by atoms with van der Waals surface area (Å²) >= 11 is 0. The van der Waals surface area contributed by atoms with Crippen LogP contribution in [0.5, 0.6) is 0 Å². The Morgan fingerprint density at radius 3 is 2.43 bits per heavy atom. The van der Waals surface area contributed by atoms with E-state index < -0.39 is 0 Å². The SMILES string of the molecule is CNC(c1ncc(C)cn1)c1cnnn1-c1ccccc1. The van der Waals surface area contributed by atoms with Crippen LogP contribution in [0.1, 0.15) is 23.1 Å². The van der Waals surface area contributed by atoms with Gasteiger partial charge in [0.05, 0.1) is 17.6 Å². The number of para-hydroxylation sites is 1. The molecule has 3 rings (SSSR count). The molecule has 0 spiro atoms. The highest BCUT2D eigenvalue weighted by Gasteiger charge is 2.20. The Kier molecular flexibility index (Phi) is 3.70. The summed E-state index contributed by atoms with van der Waals surface area (Å²) in [7, 11) is 1.87. The van der Waals surface area contributed by atoms with Crippen molar-refractivity contribution in [2.24, 2.45) is 0 Å². The van der Waals surface area contributed by atoms with Crippen LogP contribution in [0.25, 0.3) is 5.69 Å². The minimum Gasteiger partial charge on any atom is -0.305 e. The lowest BCUT2D eigenvalue weighted by Crippen LogP contribution is -2.23. The van der Waals surface area contributed by atoms with Gasteiger partial charge in [-0.3, -0.25) is 0 Å². The molecule has 0 fully saturated rings. The van der Waals surface area contributed by atoms with Crippen molar-refractivity contribution in [2.45, 2.75) is 13.0 Å². The van der Waals surface area contributed by atoms with Crippen molar-refractivity contribution in [2.75, 3.05) is 7.05 Å². The molecule has 0 saturated heterocycles. The first-order chi connectivity index (χ1) is 10.3. The highest BCUT2D eigenvalue weighted by molar-refractivity contribution is 5.33. The van der Waals surface area contributed by atoms with Gasteiger partial charge in [0.1, 0.15) is 6.04 Å². The maximum absolute atomic E-state index is 4.40. The summed E-state index contributed by atoms with van der Waals surface area (Å²) in [6.07, 6.45) is 5.35. The first-order valence-electron chi connectivity index (χ1n) is 6.71. The average Bonchev–Trinajstić information content (AvgIpc) is 3.00. The topological polar surface area (TPSA) is 68.5 Å². The molecule has 0 aliphatic rings. The number of rotatable bonds is 4. The van der Waals surface area contributed by atoms with E-state index >= 15 is 0 Å². The number of nitrogens with zero attached hydrogens (tertiary/aromatic N) is 5. The van der Waals surface area contributed by atoms with Crippen LogP contribution in [0.2, 0.25) is 0 Å². The Labute approximate surface area is 122 Å². The van der Waals surface area contributed by atoms with E-state index in [1.165, 1.54) is 0 Å². The van der Waals surface area contributed by atoms with Crippen molar-refractivity contribution < 1.29 is 0 Å². The summed E-state index contributed by atoms with van der Waals surface area (Å²) in [4.78, 5) is 8.80. The van der Waals surface area contributed by atoms with Gasteiger partial charge in [0.2, 0.25) is 0 Å². The number of nitrogens with one attached hydrogen (secondary N) is 1. The van der Waals surface area contributed by atoms with Crippen LogP contribution in [-0.4, -0.2) is 32.0 Å². The fourth-order valence-corrected chi connectivity index (χ4v) is 2.17. The highest BCUT2D eigenvalue weighted by Crippen LogP contribution is 2.20. The third-order valence-electron chi connectivity index (χ3n) is 3.22. The fraction of sp³-hybridized carbons (Fsp3) is 0.200. The van der Waals surface area contributed by atoms with Crippen LogP contribution in [0.15, 0.2) is 48.9 Å². The van der Waals surface area contributed by atoms with Crippen LogP contribution in [0.3, 0.4) is 0 Å². The fourth-order valence-electron chi connectivity index (χ4n) is 2.17. The summed E-state index contributed by atoms with van der Waals surface area (Å²) < 4.78 is 1.80. The number of hydrogen-bond acceptors (Lipinski definition) is 5. The Balaban J connectivity index is 2.03. The maximum Gasteiger partial charge on any atom is 0.151 e. The molecule has 2 aromatic heterocycles. The Hall–Kier alpha value is -2.60. The summed E-state index contributed by atoms with van der Waals surface area (Å²) in [5.74, 6) is 0.697. The molecule has 1 N–H and O–H groups in total. The molecule has 0 amide bonds.